The monoisotopic (exact) mass is 385 g/mol. The molecule has 0 saturated carbocycles. The number of amides is 2. The Morgan fingerprint density at radius 3 is 2.48 bits per heavy atom. The Morgan fingerprint density at radius 1 is 1.07 bits per heavy atom. The van der Waals surface area contributed by atoms with Gasteiger partial charge in [0.2, 0.25) is 0 Å². The summed E-state index contributed by atoms with van der Waals surface area (Å²) in [5.41, 5.74) is 1.59. The molecule has 0 atom stereocenters. The van der Waals surface area contributed by atoms with Crippen LogP contribution in [0.5, 0.6) is 0 Å². The summed E-state index contributed by atoms with van der Waals surface area (Å²) >= 11 is 5.83. The van der Waals surface area contributed by atoms with Gasteiger partial charge in [0.1, 0.15) is 0 Å². The fraction of sp³-hybridized carbons (Fsp3) is 0.211. The Hall–Kier alpha value is -3.06. The molecule has 0 aliphatic heterocycles. The van der Waals surface area contributed by atoms with Gasteiger partial charge in [-0.15, -0.1) is 5.10 Å². The van der Waals surface area contributed by atoms with Crippen LogP contribution in [-0.4, -0.2) is 26.9 Å². The van der Waals surface area contributed by atoms with Gasteiger partial charge in [-0.2, -0.15) is 0 Å². The number of rotatable bonds is 6. The van der Waals surface area contributed by atoms with Crippen molar-refractivity contribution in [1.82, 2.24) is 25.0 Å². The largest absolute Gasteiger partial charge is 0.345 e. The van der Waals surface area contributed by atoms with Gasteiger partial charge in [-0.1, -0.05) is 54.1 Å². The third kappa shape index (κ3) is 4.77. The second kappa shape index (κ2) is 8.55. The van der Waals surface area contributed by atoms with E-state index in [-0.39, 0.29) is 24.8 Å². The molecule has 0 spiro atoms. The maximum Gasteiger partial charge on any atom is 0.345 e. The van der Waals surface area contributed by atoms with E-state index in [1.165, 1.54) is 9.25 Å². The number of carbonyl (C=O) groups excluding carboxylic acids is 1. The molecule has 0 bridgehead atoms. The summed E-state index contributed by atoms with van der Waals surface area (Å²) in [6.45, 7) is 0.968. The van der Waals surface area contributed by atoms with Crippen LogP contribution in [0.15, 0.2) is 59.4 Å². The molecule has 7 nitrogen and oxygen atoms in total. The number of benzene rings is 2. The predicted molar refractivity (Wildman–Crippen MR) is 105 cm³/mol. The molecule has 1 heterocycles. The van der Waals surface area contributed by atoms with E-state index < -0.39 is 0 Å². The van der Waals surface area contributed by atoms with Gasteiger partial charge in [0.05, 0.1) is 6.54 Å². The lowest BCUT2D eigenvalue weighted by Gasteiger charge is -2.07. The molecular formula is C19H20ClN5O2. The molecule has 2 amide bonds. The highest BCUT2D eigenvalue weighted by molar-refractivity contribution is 6.30. The van der Waals surface area contributed by atoms with E-state index in [0.717, 1.165) is 11.1 Å². The minimum Gasteiger partial charge on any atom is -0.336 e. The first kappa shape index (κ1) is 18.7. The summed E-state index contributed by atoms with van der Waals surface area (Å²) in [7, 11) is 1.68. The second-order valence-corrected chi connectivity index (χ2v) is 6.43. The van der Waals surface area contributed by atoms with Gasteiger partial charge >= 0.3 is 11.7 Å². The number of halogens is 1. The van der Waals surface area contributed by atoms with E-state index >= 15 is 0 Å². The van der Waals surface area contributed by atoms with Crippen molar-refractivity contribution in [2.75, 3.05) is 6.54 Å². The average molecular weight is 386 g/mol. The number of aromatic nitrogens is 3. The lowest BCUT2D eigenvalue weighted by molar-refractivity contribution is 0.240. The van der Waals surface area contributed by atoms with Crippen LogP contribution in [0, 0.1) is 0 Å². The van der Waals surface area contributed by atoms with Crippen LogP contribution in [-0.2, 0) is 20.1 Å². The highest BCUT2D eigenvalue weighted by Crippen LogP contribution is 2.13. The van der Waals surface area contributed by atoms with E-state index in [4.69, 9.17) is 11.6 Å². The molecule has 27 heavy (non-hydrogen) atoms. The van der Waals surface area contributed by atoms with Gasteiger partial charge in [0, 0.05) is 30.7 Å². The zero-order valence-corrected chi connectivity index (χ0v) is 15.6. The van der Waals surface area contributed by atoms with E-state index in [0.29, 0.717) is 17.4 Å². The fourth-order valence-electron chi connectivity index (χ4n) is 2.59. The van der Waals surface area contributed by atoms with E-state index in [9.17, 15) is 9.59 Å². The number of nitrogens with zero attached hydrogens (tertiary/aromatic N) is 3. The van der Waals surface area contributed by atoms with Crippen molar-refractivity contribution < 1.29 is 4.79 Å². The molecule has 0 radical (unpaired) electrons. The van der Waals surface area contributed by atoms with E-state index in [1.54, 1.807) is 19.2 Å². The minimum atomic E-state index is -0.308. The molecule has 0 unspecified atom stereocenters. The smallest absolute Gasteiger partial charge is 0.336 e. The molecule has 0 aliphatic rings. The van der Waals surface area contributed by atoms with Crippen LogP contribution in [0.4, 0.5) is 4.79 Å². The Kier molecular flexibility index (Phi) is 5.93. The summed E-state index contributed by atoms with van der Waals surface area (Å²) in [4.78, 5) is 24.2. The van der Waals surface area contributed by atoms with Crippen molar-refractivity contribution >= 4 is 17.6 Å². The van der Waals surface area contributed by atoms with Gasteiger partial charge < -0.3 is 10.6 Å². The Balaban J connectivity index is 1.52. The van der Waals surface area contributed by atoms with Crippen molar-refractivity contribution in [3.8, 4) is 11.4 Å². The number of carbonyl (C=O) groups is 1. The van der Waals surface area contributed by atoms with Crippen LogP contribution >= 0.6 is 11.6 Å². The highest BCUT2D eigenvalue weighted by atomic mass is 35.5. The first-order chi connectivity index (χ1) is 13.0. The maximum atomic E-state index is 12.3. The Morgan fingerprint density at radius 2 is 1.78 bits per heavy atom. The quantitative estimate of drug-likeness (QED) is 0.683. The lowest BCUT2D eigenvalue weighted by atomic mass is 10.2. The average Bonchev–Trinajstić information content (AvgIpc) is 2.97. The third-order valence-electron chi connectivity index (χ3n) is 4.05. The third-order valence-corrected chi connectivity index (χ3v) is 4.30. The number of hydrogen-bond donors (Lipinski definition) is 2. The molecule has 3 aromatic rings. The van der Waals surface area contributed by atoms with Gasteiger partial charge in [-0.25, -0.2) is 14.3 Å². The molecule has 2 aromatic carbocycles. The maximum absolute atomic E-state index is 12.3. The molecule has 140 valence electrons. The van der Waals surface area contributed by atoms with Crippen LogP contribution in [0.1, 0.15) is 5.56 Å². The Labute approximate surface area is 161 Å². The van der Waals surface area contributed by atoms with E-state index in [1.807, 2.05) is 42.5 Å². The number of nitrogens with one attached hydrogen (secondary N) is 2. The number of hydrogen-bond acceptors (Lipinski definition) is 3. The molecular weight excluding hydrogens is 366 g/mol. The Bertz CT molecular complexity index is 964. The van der Waals surface area contributed by atoms with Crippen molar-refractivity contribution in [1.29, 1.82) is 0 Å². The molecule has 0 saturated heterocycles. The molecule has 0 fully saturated rings. The fourth-order valence-corrected chi connectivity index (χ4v) is 2.72. The molecule has 3 rings (SSSR count). The first-order valence-electron chi connectivity index (χ1n) is 8.50. The van der Waals surface area contributed by atoms with Gasteiger partial charge in [0.25, 0.3) is 0 Å². The molecule has 8 heteroatoms. The normalized spacial score (nSPS) is 10.6. The standard InChI is InChI=1S/C19H20ClN5O2/c1-24-17(15-5-3-2-4-6-15)23-25(19(24)27)12-11-21-18(26)22-13-14-7-9-16(20)10-8-14/h2-10H,11-13H2,1H3,(H2,21,22,26). The molecule has 2 N–H and O–H groups in total. The topological polar surface area (TPSA) is 81.0 Å². The van der Waals surface area contributed by atoms with Crippen LogP contribution in [0.25, 0.3) is 11.4 Å². The van der Waals surface area contributed by atoms with Crippen molar-refractivity contribution in [2.45, 2.75) is 13.1 Å². The summed E-state index contributed by atoms with van der Waals surface area (Å²) < 4.78 is 2.84. The summed E-state index contributed by atoms with van der Waals surface area (Å²) in [6.07, 6.45) is 0. The predicted octanol–water partition coefficient (Wildman–Crippen LogP) is 2.40. The molecule has 0 aliphatic carbocycles. The minimum absolute atomic E-state index is 0.225. The SMILES string of the molecule is Cn1c(-c2ccccc2)nn(CCNC(=O)NCc2ccc(Cl)cc2)c1=O. The van der Waals surface area contributed by atoms with Gasteiger partial charge in [0.15, 0.2) is 5.82 Å². The van der Waals surface area contributed by atoms with E-state index in [2.05, 4.69) is 15.7 Å². The zero-order valence-electron chi connectivity index (χ0n) is 14.9. The van der Waals surface area contributed by atoms with Gasteiger partial charge in [-0.05, 0) is 17.7 Å². The highest BCUT2D eigenvalue weighted by Gasteiger charge is 2.11. The second-order valence-electron chi connectivity index (χ2n) is 5.99. The molecule has 1 aromatic heterocycles. The summed E-state index contributed by atoms with van der Waals surface area (Å²) in [5, 5.41) is 10.5. The van der Waals surface area contributed by atoms with Crippen LogP contribution in [0.2, 0.25) is 5.02 Å². The lowest BCUT2D eigenvalue weighted by Crippen LogP contribution is -2.38. The van der Waals surface area contributed by atoms with Crippen molar-refractivity contribution in [3.63, 3.8) is 0 Å². The van der Waals surface area contributed by atoms with Crippen LogP contribution < -0.4 is 16.3 Å². The van der Waals surface area contributed by atoms with Crippen molar-refractivity contribution in [2.24, 2.45) is 7.05 Å². The van der Waals surface area contributed by atoms with Crippen molar-refractivity contribution in [3.05, 3.63) is 75.7 Å². The number of urea groups is 1. The zero-order chi connectivity index (χ0) is 19.2. The summed E-state index contributed by atoms with van der Waals surface area (Å²) in [5.74, 6) is 0.591. The summed E-state index contributed by atoms with van der Waals surface area (Å²) in [6, 6.07) is 16.4. The van der Waals surface area contributed by atoms with Gasteiger partial charge in [-0.3, -0.25) is 4.57 Å². The van der Waals surface area contributed by atoms with Crippen LogP contribution in [0.3, 0.4) is 0 Å². The first-order valence-corrected chi connectivity index (χ1v) is 8.88.